The maximum absolute atomic E-state index is 11.4. The molecule has 0 aliphatic rings. The van der Waals surface area contributed by atoms with Crippen molar-refractivity contribution in [1.82, 2.24) is 5.32 Å². The molecule has 0 amide bonds. The van der Waals surface area contributed by atoms with E-state index in [9.17, 15) is 4.79 Å². The number of thiophene rings is 1. The third-order valence-electron chi connectivity index (χ3n) is 1.67. The lowest BCUT2D eigenvalue weighted by Crippen LogP contribution is -2.31. The minimum atomic E-state index is -0.414. The Morgan fingerprint density at radius 3 is 2.75 bits per heavy atom. The molecule has 0 unspecified atom stereocenters. The first-order chi connectivity index (χ1) is 7.38. The van der Waals surface area contributed by atoms with Crippen LogP contribution in [0.15, 0.2) is 15.9 Å². The number of carbonyl (C=O) groups excluding carboxylic acids is 1. The first-order valence-corrected chi connectivity index (χ1v) is 6.70. The Labute approximate surface area is 108 Å². The van der Waals surface area contributed by atoms with Crippen molar-refractivity contribution in [2.45, 2.75) is 32.9 Å². The number of ether oxygens (including phenoxy) is 1. The van der Waals surface area contributed by atoms with Gasteiger partial charge in [-0.1, -0.05) is 0 Å². The average molecular weight is 306 g/mol. The summed E-state index contributed by atoms with van der Waals surface area (Å²) in [5, 5.41) is 5.07. The van der Waals surface area contributed by atoms with Crippen LogP contribution in [0.2, 0.25) is 0 Å². The lowest BCUT2D eigenvalue weighted by Gasteiger charge is -2.19. The molecule has 5 heteroatoms. The van der Waals surface area contributed by atoms with Crippen LogP contribution in [0.3, 0.4) is 0 Å². The van der Waals surface area contributed by atoms with E-state index in [1.54, 1.807) is 11.3 Å². The van der Waals surface area contributed by atoms with Crippen molar-refractivity contribution < 1.29 is 9.53 Å². The number of halogens is 1. The largest absolute Gasteiger partial charge is 0.459 e. The number of carbonyl (C=O) groups is 1. The van der Waals surface area contributed by atoms with Gasteiger partial charge in [0.15, 0.2) is 0 Å². The molecular weight excluding hydrogens is 290 g/mol. The Balaban J connectivity index is 2.26. The van der Waals surface area contributed by atoms with Gasteiger partial charge in [0.05, 0.1) is 6.54 Å². The van der Waals surface area contributed by atoms with Crippen LogP contribution in [0.25, 0.3) is 0 Å². The van der Waals surface area contributed by atoms with E-state index in [-0.39, 0.29) is 12.5 Å². The minimum Gasteiger partial charge on any atom is -0.459 e. The van der Waals surface area contributed by atoms with Gasteiger partial charge in [-0.25, -0.2) is 0 Å². The molecule has 1 rings (SSSR count). The zero-order valence-corrected chi connectivity index (χ0v) is 12.1. The summed E-state index contributed by atoms with van der Waals surface area (Å²) in [6.07, 6.45) is 0. The van der Waals surface area contributed by atoms with Gasteiger partial charge in [-0.05, 0) is 48.1 Å². The fraction of sp³-hybridized carbons (Fsp3) is 0.545. The molecule has 0 radical (unpaired) electrons. The van der Waals surface area contributed by atoms with Gasteiger partial charge in [0.2, 0.25) is 0 Å². The van der Waals surface area contributed by atoms with Crippen molar-refractivity contribution in [3.63, 3.8) is 0 Å². The van der Waals surface area contributed by atoms with E-state index < -0.39 is 5.60 Å². The maximum Gasteiger partial charge on any atom is 0.320 e. The predicted octanol–water partition coefficient (Wildman–Crippen LogP) is 2.94. The van der Waals surface area contributed by atoms with Crippen LogP contribution in [0.4, 0.5) is 0 Å². The highest BCUT2D eigenvalue weighted by atomic mass is 79.9. The van der Waals surface area contributed by atoms with Crippen LogP contribution < -0.4 is 5.32 Å². The molecule has 90 valence electrons. The van der Waals surface area contributed by atoms with E-state index in [2.05, 4.69) is 21.2 Å². The molecule has 1 aromatic heterocycles. The van der Waals surface area contributed by atoms with Crippen LogP contribution in [0, 0.1) is 0 Å². The maximum atomic E-state index is 11.4. The van der Waals surface area contributed by atoms with Gasteiger partial charge < -0.3 is 10.1 Å². The van der Waals surface area contributed by atoms with Gasteiger partial charge >= 0.3 is 5.97 Å². The normalized spacial score (nSPS) is 11.5. The standard InChI is InChI=1S/C11H16BrNO2S/c1-11(2,3)15-10(14)7-13-6-9-8(12)4-5-16-9/h4-5,13H,6-7H2,1-3H3. The number of hydrogen-bond donors (Lipinski definition) is 1. The molecule has 1 N–H and O–H groups in total. The number of esters is 1. The summed E-state index contributed by atoms with van der Waals surface area (Å²) in [4.78, 5) is 12.6. The molecule has 0 atom stereocenters. The van der Waals surface area contributed by atoms with Crippen LogP contribution >= 0.6 is 27.3 Å². The summed E-state index contributed by atoms with van der Waals surface area (Å²) in [6.45, 7) is 6.50. The van der Waals surface area contributed by atoms with Crippen molar-refractivity contribution in [3.8, 4) is 0 Å². The van der Waals surface area contributed by atoms with E-state index in [4.69, 9.17) is 4.74 Å². The molecule has 0 bridgehead atoms. The fourth-order valence-electron chi connectivity index (χ4n) is 1.11. The van der Waals surface area contributed by atoms with Gasteiger partial charge in [-0.3, -0.25) is 4.79 Å². The molecule has 0 spiro atoms. The van der Waals surface area contributed by atoms with Crippen molar-refractivity contribution in [3.05, 3.63) is 20.8 Å². The average Bonchev–Trinajstić information content (AvgIpc) is 2.48. The molecule has 3 nitrogen and oxygen atoms in total. The Morgan fingerprint density at radius 1 is 1.56 bits per heavy atom. The van der Waals surface area contributed by atoms with Crippen molar-refractivity contribution in [2.24, 2.45) is 0 Å². The number of nitrogens with one attached hydrogen (secondary N) is 1. The number of hydrogen-bond acceptors (Lipinski definition) is 4. The van der Waals surface area contributed by atoms with E-state index in [0.29, 0.717) is 6.54 Å². The highest BCUT2D eigenvalue weighted by Crippen LogP contribution is 2.21. The van der Waals surface area contributed by atoms with Crippen LogP contribution in [-0.2, 0) is 16.1 Å². The first kappa shape index (κ1) is 13.7. The second-order valence-electron chi connectivity index (χ2n) is 4.38. The molecule has 0 aliphatic heterocycles. The smallest absolute Gasteiger partial charge is 0.320 e. The zero-order chi connectivity index (χ0) is 12.2. The SMILES string of the molecule is CC(C)(C)OC(=O)CNCc1sccc1Br. The van der Waals surface area contributed by atoms with Crippen molar-refractivity contribution in [1.29, 1.82) is 0 Å². The molecule has 0 saturated carbocycles. The van der Waals surface area contributed by atoms with E-state index >= 15 is 0 Å². The van der Waals surface area contributed by atoms with E-state index in [1.807, 2.05) is 32.2 Å². The molecule has 1 aromatic rings. The van der Waals surface area contributed by atoms with E-state index in [1.165, 1.54) is 4.88 Å². The quantitative estimate of drug-likeness (QED) is 0.869. The third-order valence-corrected chi connectivity index (χ3v) is 3.59. The van der Waals surface area contributed by atoms with E-state index in [0.717, 1.165) is 4.47 Å². The molecule has 0 aromatic carbocycles. The second kappa shape index (κ2) is 5.80. The highest BCUT2D eigenvalue weighted by molar-refractivity contribution is 9.10. The van der Waals surface area contributed by atoms with Gasteiger partial charge in [0.25, 0.3) is 0 Å². The summed E-state index contributed by atoms with van der Waals surface area (Å²) >= 11 is 5.09. The second-order valence-corrected chi connectivity index (χ2v) is 6.24. The fourth-order valence-corrected chi connectivity index (χ4v) is 2.57. The lowest BCUT2D eigenvalue weighted by molar-refractivity contribution is -0.153. The highest BCUT2D eigenvalue weighted by Gasteiger charge is 2.15. The Bertz CT molecular complexity index is 357. The lowest BCUT2D eigenvalue weighted by atomic mass is 10.2. The summed E-state index contributed by atoms with van der Waals surface area (Å²) < 4.78 is 6.26. The van der Waals surface area contributed by atoms with Crippen molar-refractivity contribution >= 4 is 33.2 Å². The molecule has 0 saturated heterocycles. The predicted molar refractivity (Wildman–Crippen MR) is 69.6 cm³/mol. The summed E-state index contributed by atoms with van der Waals surface area (Å²) in [5.41, 5.74) is -0.414. The molecule has 0 aliphatic carbocycles. The summed E-state index contributed by atoms with van der Waals surface area (Å²) in [6, 6.07) is 2.00. The third kappa shape index (κ3) is 5.09. The van der Waals surface area contributed by atoms with Gasteiger partial charge in [-0.15, -0.1) is 11.3 Å². The molecule has 16 heavy (non-hydrogen) atoms. The minimum absolute atomic E-state index is 0.222. The Hall–Kier alpha value is -0.390. The van der Waals surface area contributed by atoms with Crippen LogP contribution in [-0.4, -0.2) is 18.1 Å². The Kier molecular flexibility index (Phi) is 4.95. The molecule has 1 heterocycles. The topological polar surface area (TPSA) is 38.3 Å². The number of rotatable bonds is 4. The van der Waals surface area contributed by atoms with Gasteiger partial charge in [-0.2, -0.15) is 0 Å². The zero-order valence-electron chi connectivity index (χ0n) is 9.67. The van der Waals surface area contributed by atoms with Crippen LogP contribution in [0.5, 0.6) is 0 Å². The molecular formula is C11H16BrNO2S. The Morgan fingerprint density at radius 2 is 2.25 bits per heavy atom. The van der Waals surface area contributed by atoms with Crippen LogP contribution in [0.1, 0.15) is 25.6 Å². The molecule has 0 fully saturated rings. The summed E-state index contributed by atoms with van der Waals surface area (Å²) in [7, 11) is 0. The monoisotopic (exact) mass is 305 g/mol. The van der Waals surface area contributed by atoms with Gasteiger partial charge in [0, 0.05) is 15.9 Å². The first-order valence-electron chi connectivity index (χ1n) is 5.03. The summed E-state index contributed by atoms with van der Waals surface area (Å²) in [5.74, 6) is -0.222. The van der Waals surface area contributed by atoms with Gasteiger partial charge in [0.1, 0.15) is 5.60 Å². The van der Waals surface area contributed by atoms with Crippen molar-refractivity contribution in [2.75, 3.05) is 6.54 Å².